The molecule has 1 amide bonds. The second-order valence-electron chi connectivity index (χ2n) is 3.12. The van der Waals surface area contributed by atoms with Gasteiger partial charge in [0.25, 0.3) is 0 Å². The van der Waals surface area contributed by atoms with Crippen molar-refractivity contribution in [3.63, 3.8) is 0 Å². The van der Waals surface area contributed by atoms with E-state index >= 15 is 0 Å². The Morgan fingerprint density at radius 1 is 1.58 bits per heavy atom. The van der Waals surface area contributed by atoms with Crippen LogP contribution in [-0.2, 0) is 4.79 Å². The van der Waals surface area contributed by atoms with Crippen LogP contribution in [0.3, 0.4) is 0 Å². The predicted molar refractivity (Wildman–Crippen MR) is 51.1 cm³/mol. The van der Waals surface area contributed by atoms with E-state index in [1.807, 2.05) is 14.0 Å². The van der Waals surface area contributed by atoms with Crippen molar-refractivity contribution in [3.8, 4) is 0 Å². The molecule has 0 spiro atoms. The lowest BCUT2D eigenvalue weighted by Gasteiger charge is -2.20. The number of nitrogens with one attached hydrogen (secondary N) is 1. The maximum atomic E-state index is 11.4. The largest absolute Gasteiger partial charge is 0.344 e. The average Bonchev–Trinajstić information content (AvgIpc) is 2.11. The van der Waals surface area contributed by atoms with Gasteiger partial charge < -0.3 is 10.2 Å². The highest BCUT2D eigenvalue weighted by atomic mass is 16.2. The summed E-state index contributed by atoms with van der Waals surface area (Å²) in [5.74, 6) is 0.172. The van der Waals surface area contributed by atoms with E-state index in [1.165, 1.54) is 0 Å². The van der Waals surface area contributed by atoms with Crippen LogP contribution >= 0.6 is 0 Å². The van der Waals surface area contributed by atoms with E-state index in [0.717, 1.165) is 19.4 Å². The van der Waals surface area contributed by atoms with Crippen LogP contribution in [0.5, 0.6) is 0 Å². The van der Waals surface area contributed by atoms with Gasteiger partial charge in [-0.15, -0.1) is 0 Å². The van der Waals surface area contributed by atoms with E-state index in [1.54, 1.807) is 11.9 Å². The van der Waals surface area contributed by atoms with Gasteiger partial charge in [0, 0.05) is 13.6 Å². The number of amides is 1. The molecule has 0 saturated heterocycles. The Balaban J connectivity index is 3.75. The molecule has 3 nitrogen and oxygen atoms in total. The molecule has 0 fully saturated rings. The predicted octanol–water partition coefficient (Wildman–Crippen LogP) is 0.853. The summed E-state index contributed by atoms with van der Waals surface area (Å²) in [5, 5.41) is 2.93. The number of carbonyl (C=O) groups is 1. The second-order valence-corrected chi connectivity index (χ2v) is 3.12. The van der Waals surface area contributed by atoms with Gasteiger partial charge in [0.1, 0.15) is 0 Å². The van der Waals surface area contributed by atoms with Crippen LogP contribution in [0.2, 0.25) is 0 Å². The number of hydrogen-bond donors (Lipinski definition) is 1. The minimum Gasteiger partial charge on any atom is -0.344 e. The fraction of sp³-hybridized carbons (Fsp3) is 0.889. The third kappa shape index (κ3) is 3.72. The van der Waals surface area contributed by atoms with Crippen LogP contribution < -0.4 is 5.32 Å². The van der Waals surface area contributed by atoms with Crippen LogP contribution in [0.1, 0.15) is 26.7 Å². The van der Waals surface area contributed by atoms with Crippen molar-refractivity contribution in [1.82, 2.24) is 10.2 Å². The second kappa shape index (κ2) is 6.00. The van der Waals surface area contributed by atoms with E-state index in [4.69, 9.17) is 0 Å². The molecule has 0 aliphatic heterocycles. The van der Waals surface area contributed by atoms with Crippen molar-refractivity contribution in [2.75, 3.05) is 20.6 Å². The van der Waals surface area contributed by atoms with Gasteiger partial charge in [-0.25, -0.2) is 0 Å². The molecule has 72 valence electrons. The molecule has 0 rings (SSSR count). The normalized spacial score (nSPS) is 12.7. The molecule has 3 heteroatoms. The lowest BCUT2D eigenvalue weighted by Crippen LogP contribution is -2.41. The van der Waals surface area contributed by atoms with Gasteiger partial charge in [-0.1, -0.05) is 13.3 Å². The summed E-state index contributed by atoms with van der Waals surface area (Å²) >= 11 is 0. The minimum atomic E-state index is -0.0631. The minimum absolute atomic E-state index is 0.0631. The van der Waals surface area contributed by atoms with Crippen molar-refractivity contribution >= 4 is 5.91 Å². The van der Waals surface area contributed by atoms with Gasteiger partial charge in [0.2, 0.25) is 5.91 Å². The molecular weight excluding hydrogens is 152 g/mol. The molecule has 0 saturated carbocycles. The molecule has 0 aromatic rings. The number of unbranched alkanes of at least 4 members (excludes halogenated alkanes) is 1. The smallest absolute Gasteiger partial charge is 0.239 e. The first kappa shape index (κ1) is 11.4. The molecule has 0 aliphatic rings. The summed E-state index contributed by atoms with van der Waals surface area (Å²) < 4.78 is 0. The Hall–Kier alpha value is -0.570. The molecule has 0 bridgehead atoms. The molecule has 1 atom stereocenters. The fourth-order valence-corrected chi connectivity index (χ4v) is 0.960. The first-order chi connectivity index (χ1) is 5.63. The highest BCUT2D eigenvalue weighted by Gasteiger charge is 2.13. The highest BCUT2D eigenvalue weighted by Crippen LogP contribution is 1.95. The van der Waals surface area contributed by atoms with Gasteiger partial charge in [-0.3, -0.25) is 4.79 Å². The van der Waals surface area contributed by atoms with Crippen molar-refractivity contribution in [1.29, 1.82) is 0 Å². The summed E-state index contributed by atoms with van der Waals surface area (Å²) in [4.78, 5) is 13.2. The zero-order valence-electron chi connectivity index (χ0n) is 8.55. The van der Waals surface area contributed by atoms with Gasteiger partial charge in [0.05, 0.1) is 6.04 Å². The van der Waals surface area contributed by atoms with Crippen LogP contribution in [0.4, 0.5) is 0 Å². The zero-order valence-corrected chi connectivity index (χ0v) is 8.55. The number of nitrogens with zero attached hydrogens (tertiary/aromatic N) is 1. The molecule has 0 aromatic heterocycles. The lowest BCUT2D eigenvalue weighted by atomic mass is 10.2. The van der Waals surface area contributed by atoms with E-state index in [0.29, 0.717) is 0 Å². The molecule has 12 heavy (non-hydrogen) atoms. The van der Waals surface area contributed by atoms with Crippen LogP contribution in [0, 0.1) is 0 Å². The van der Waals surface area contributed by atoms with Crippen molar-refractivity contribution in [3.05, 3.63) is 0 Å². The maximum Gasteiger partial charge on any atom is 0.239 e. The molecule has 0 aliphatic carbocycles. The van der Waals surface area contributed by atoms with Crippen molar-refractivity contribution in [2.45, 2.75) is 32.7 Å². The summed E-state index contributed by atoms with van der Waals surface area (Å²) in [6.45, 7) is 4.87. The van der Waals surface area contributed by atoms with Gasteiger partial charge >= 0.3 is 0 Å². The molecular formula is C9H20N2O. The molecule has 1 N–H and O–H groups in total. The highest BCUT2D eigenvalue weighted by molar-refractivity contribution is 5.81. The molecule has 0 heterocycles. The van der Waals surface area contributed by atoms with E-state index in [-0.39, 0.29) is 11.9 Å². The van der Waals surface area contributed by atoms with Gasteiger partial charge in [-0.2, -0.15) is 0 Å². The number of carbonyl (C=O) groups excluding carboxylic acids is 1. The number of hydrogen-bond acceptors (Lipinski definition) is 2. The quantitative estimate of drug-likeness (QED) is 0.667. The van der Waals surface area contributed by atoms with E-state index in [2.05, 4.69) is 12.2 Å². The number of likely N-dealkylation sites (N-methyl/N-ethyl adjacent to an activating group) is 2. The zero-order chi connectivity index (χ0) is 9.56. The first-order valence-corrected chi connectivity index (χ1v) is 4.55. The SMILES string of the molecule is CCCCN(C)C(=O)C(C)NC. The summed E-state index contributed by atoms with van der Waals surface area (Å²) in [5.41, 5.74) is 0. The van der Waals surface area contributed by atoms with Crippen LogP contribution in [-0.4, -0.2) is 37.5 Å². The van der Waals surface area contributed by atoms with Crippen LogP contribution in [0.15, 0.2) is 0 Å². The monoisotopic (exact) mass is 172 g/mol. The Morgan fingerprint density at radius 2 is 2.17 bits per heavy atom. The average molecular weight is 172 g/mol. The van der Waals surface area contributed by atoms with Gasteiger partial charge in [0.15, 0.2) is 0 Å². The lowest BCUT2D eigenvalue weighted by molar-refractivity contribution is -0.131. The Bertz CT molecular complexity index is 136. The fourth-order valence-electron chi connectivity index (χ4n) is 0.960. The van der Waals surface area contributed by atoms with Crippen molar-refractivity contribution in [2.24, 2.45) is 0 Å². The van der Waals surface area contributed by atoms with E-state index in [9.17, 15) is 4.79 Å². The van der Waals surface area contributed by atoms with Crippen molar-refractivity contribution < 1.29 is 4.79 Å². The topological polar surface area (TPSA) is 32.3 Å². The Morgan fingerprint density at radius 3 is 2.58 bits per heavy atom. The summed E-state index contributed by atoms with van der Waals surface area (Å²) in [6.07, 6.45) is 2.21. The molecule has 0 radical (unpaired) electrons. The number of rotatable bonds is 5. The first-order valence-electron chi connectivity index (χ1n) is 4.55. The molecule has 0 aromatic carbocycles. The Labute approximate surface area is 75.1 Å². The Kier molecular flexibility index (Phi) is 5.72. The third-order valence-electron chi connectivity index (χ3n) is 2.03. The summed E-state index contributed by atoms with van der Waals surface area (Å²) in [7, 11) is 3.65. The van der Waals surface area contributed by atoms with E-state index < -0.39 is 0 Å². The van der Waals surface area contributed by atoms with Gasteiger partial charge in [-0.05, 0) is 20.4 Å². The third-order valence-corrected chi connectivity index (χ3v) is 2.03. The molecule has 1 unspecified atom stereocenters. The van der Waals surface area contributed by atoms with Crippen LogP contribution in [0.25, 0.3) is 0 Å². The maximum absolute atomic E-state index is 11.4. The summed E-state index contributed by atoms with van der Waals surface area (Å²) in [6, 6.07) is -0.0631. The standard InChI is InChI=1S/C9H20N2O/c1-5-6-7-11(4)9(12)8(2)10-3/h8,10H,5-7H2,1-4H3.